The summed E-state index contributed by atoms with van der Waals surface area (Å²) in [5, 5.41) is 9.03. The van der Waals surface area contributed by atoms with Crippen LogP contribution in [0.1, 0.15) is 11.6 Å². The minimum absolute atomic E-state index is 0. The Kier molecular flexibility index (Phi) is 6.34. The van der Waals surface area contributed by atoms with E-state index in [1.54, 1.807) is 24.3 Å². The molecule has 0 saturated heterocycles. The maximum atomic E-state index is 10.1. The van der Waals surface area contributed by atoms with Crippen LogP contribution < -0.4 is 5.73 Å². The van der Waals surface area contributed by atoms with E-state index in [4.69, 9.17) is 10.8 Å². The van der Waals surface area contributed by atoms with Crippen molar-refractivity contribution < 1.29 is 42.6 Å². The second kappa shape index (κ2) is 6.38. The largest absolute Gasteiger partial charge is 0.539 e. The van der Waals surface area contributed by atoms with Crippen molar-refractivity contribution in [3.8, 4) is 0 Å². The molecule has 0 bridgehead atoms. The molecule has 2 atom stereocenters. The molecule has 3 nitrogen and oxygen atoms in total. The zero-order valence-corrected chi connectivity index (χ0v) is 9.89. The summed E-state index contributed by atoms with van der Waals surface area (Å²) in [6.45, 7) is 0. The summed E-state index contributed by atoms with van der Waals surface area (Å²) < 4.78 is 0. The van der Waals surface area contributed by atoms with E-state index >= 15 is 0 Å². The van der Waals surface area contributed by atoms with Crippen LogP contribution in [0.2, 0.25) is 0 Å². The molecule has 0 aromatic heterocycles. The van der Waals surface area contributed by atoms with Crippen molar-refractivity contribution in [3.05, 3.63) is 35.9 Å². The molecule has 67 valence electrons. The van der Waals surface area contributed by atoms with E-state index in [1.165, 1.54) is 6.29 Å². The normalized spacial score (nSPS) is 14.0. The Morgan fingerprint density at radius 3 is 2.31 bits per heavy atom. The van der Waals surface area contributed by atoms with Crippen molar-refractivity contribution >= 4 is 6.29 Å². The van der Waals surface area contributed by atoms with Crippen molar-refractivity contribution in [2.45, 2.75) is 12.1 Å². The van der Waals surface area contributed by atoms with Crippen LogP contribution in [-0.4, -0.2) is 17.5 Å². The minimum Gasteiger partial charge on any atom is -0.539 e. The van der Waals surface area contributed by atoms with Gasteiger partial charge < -0.3 is 15.6 Å². The number of hydrogen-bond donors (Lipinski definition) is 2. The molecule has 0 aliphatic heterocycles. The SMILES string of the molecule is N[C@H](c1ccccc1)[C@@H](O)[C-]=O.[Y]. The Hall–Kier alpha value is -0.0861. The number of rotatable bonds is 3. The van der Waals surface area contributed by atoms with Crippen LogP contribution in [-0.2, 0) is 37.5 Å². The first-order valence-corrected chi connectivity index (χ1v) is 3.62. The maximum Gasteiger partial charge on any atom is 0.0307 e. The van der Waals surface area contributed by atoms with Crippen molar-refractivity contribution in [1.82, 2.24) is 0 Å². The molecule has 0 fully saturated rings. The monoisotopic (exact) mass is 253 g/mol. The van der Waals surface area contributed by atoms with Crippen LogP contribution in [0.25, 0.3) is 0 Å². The third kappa shape index (κ3) is 3.65. The molecule has 13 heavy (non-hydrogen) atoms. The zero-order valence-electron chi connectivity index (χ0n) is 7.05. The summed E-state index contributed by atoms with van der Waals surface area (Å²) in [5.41, 5.74) is 6.27. The predicted molar refractivity (Wildman–Crippen MR) is 45.1 cm³/mol. The zero-order chi connectivity index (χ0) is 8.97. The molecular weight excluding hydrogens is 243 g/mol. The van der Waals surface area contributed by atoms with E-state index in [1.807, 2.05) is 6.07 Å². The van der Waals surface area contributed by atoms with Crippen LogP contribution in [0.5, 0.6) is 0 Å². The molecule has 0 saturated carbocycles. The first kappa shape index (κ1) is 12.9. The molecule has 0 aliphatic carbocycles. The molecule has 4 heteroatoms. The predicted octanol–water partition coefficient (Wildman–Crippen LogP) is 0.155. The van der Waals surface area contributed by atoms with Crippen LogP contribution in [0.15, 0.2) is 30.3 Å². The van der Waals surface area contributed by atoms with Gasteiger partial charge in [-0.25, -0.2) is 6.29 Å². The summed E-state index contributed by atoms with van der Waals surface area (Å²) in [6.07, 6.45) is 0.201. The van der Waals surface area contributed by atoms with Gasteiger partial charge in [-0.15, -0.1) is 0 Å². The van der Waals surface area contributed by atoms with E-state index in [9.17, 15) is 4.79 Å². The summed E-state index contributed by atoms with van der Waals surface area (Å²) in [7, 11) is 0. The van der Waals surface area contributed by atoms with Gasteiger partial charge in [0.25, 0.3) is 0 Å². The molecule has 1 aromatic carbocycles. The van der Waals surface area contributed by atoms with Gasteiger partial charge in [0.1, 0.15) is 0 Å². The van der Waals surface area contributed by atoms with E-state index in [0.717, 1.165) is 5.56 Å². The Bertz CT molecular complexity index is 253. The van der Waals surface area contributed by atoms with E-state index in [0.29, 0.717) is 0 Å². The third-order valence-electron chi connectivity index (χ3n) is 1.65. The summed E-state index contributed by atoms with van der Waals surface area (Å²) in [4.78, 5) is 10.1. The summed E-state index contributed by atoms with van der Waals surface area (Å²) in [6, 6.07) is 8.27. The Morgan fingerprint density at radius 2 is 1.85 bits per heavy atom. The molecule has 3 N–H and O–H groups in total. The van der Waals surface area contributed by atoms with Crippen molar-refractivity contribution in [2.24, 2.45) is 5.73 Å². The van der Waals surface area contributed by atoms with Gasteiger partial charge in [0.2, 0.25) is 0 Å². The molecule has 1 radical (unpaired) electrons. The summed E-state index contributed by atoms with van der Waals surface area (Å²) in [5.74, 6) is 0. The fourth-order valence-corrected chi connectivity index (χ4v) is 0.931. The van der Waals surface area contributed by atoms with Crippen LogP contribution in [0.4, 0.5) is 0 Å². The molecule has 0 heterocycles. The van der Waals surface area contributed by atoms with Gasteiger partial charge in [0.15, 0.2) is 0 Å². The minimum atomic E-state index is -1.24. The van der Waals surface area contributed by atoms with E-state index < -0.39 is 12.1 Å². The van der Waals surface area contributed by atoms with Gasteiger partial charge in [0.05, 0.1) is 0 Å². The van der Waals surface area contributed by atoms with Crippen LogP contribution in [0, 0.1) is 0 Å². The van der Waals surface area contributed by atoms with Crippen LogP contribution in [0.3, 0.4) is 0 Å². The molecule has 0 unspecified atom stereocenters. The Balaban J connectivity index is 0.00000144. The van der Waals surface area contributed by atoms with E-state index in [2.05, 4.69) is 0 Å². The molecule has 0 spiro atoms. The maximum absolute atomic E-state index is 10.1. The quantitative estimate of drug-likeness (QED) is 0.754. The van der Waals surface area contributed by atoms with Gasteiger partial charge in [-0.05, 0) is 11.7 Å². The van der Waals surface area contributed by atoms with Gasteiger partial charge in [-0.1, -0.05) is 30.3 Å². The molecular formula is C9H10NO2Y-. The number of nitrogens with two attached hydrogens (primary N) is 1. The number of aliphatic hydroxyl groups excluding tert-OH is 1. The second-order valence-electron chi connectivity index (χ2n) is 2.50. The number of aliphatic hydroxyl groups is 1. The van der Waals surface area contributed by atoms with Gasteiger partial charge in [0, 0.05) is 38.8 Å². The Labute approximate surface area is 102 Å². The third-order valence-corrected chi connectivity index (χ3v) is 1.65. The van der Waals surface area contributed by atoms with Gasteiger partial charge >= 0.3 is 0 Å². The first-order valence-electron chi connectivity index (χ1n) is 3.62. The van der Waals surface area contributed by atoms with E-state index in [-0.39, 0.29) is 32.7 Å². The number of hydrogen-bond acceptors (Lipinski definition) is 3. The topological polar surface area (TPSA) is 63.3 Å². The van der Waals surface area contributed by atoms with Crippen molar-refractivity contribution in [3.63, 3.8) is 0 Å². The second-order valence-corrected chi connectivity index (χ2v) is 2.50. The smallest absolute Gasteiger partial charge is 0.0307 e. The average molecular weight is 253 g/mol. The first-order chi connectivity index (χ1) is 5.75. The average Bonchev–Trinajstić information content (AvgIpc) is 2.17. The Morgan fingerprint density at radius 1 is 1.31 bits per heavy atom. The van der Waals surface area contributed by atoms with Crippen molar-refractivity contribution in [1.29, 1.82) is 0 Å². The van der Waals surface area contributed by atoms with Crippen molar-refractivity contribution in [2.75, 3.05) is 0 Å². The van der Waals surface area contributed by atoms with Gasteiger partial charge in [-0.3, -0.25) is 0 Å². The number of benzene rings is 1. The fraction of sp³-hybridized carbons (Fsp3) is 0.222. The fourth-order valence-electron chi connectivity index (χ4n) is 0.931. The van der Waals surface area contributed by atoms with Crippen LogP contribution >= 0.6 is 0 Å². The number of carbonyl (C=O) groups excluding carboxylic acids is 1. The molecule has 1 rings (SSSR count). The summed E-state index contributed by atoms with van der Waals surface area (Å²) >= 11 is 0. The molecule has 1 aromatic rings. The van der Waals surface area contributed by atoms with Gasteiger partial charge in [-0.2, -0.15) is 0 Å². The molecule has 0 amide bonds. The standard InChI is InChI=1S/C9H10NO2.Y/c10-9(8(12)6-11)7-4-2-1-3-5-7;/h1-5,8-9,12H,10H2;/q-1;/t8-,9+;/m0./s1. The molecule has 0 aliphatic rings.